The molecule has 0 atom stereocenters. The van der Waals surface area contributed by atoms with Crippen molar-refractivity contribution < 1.29 is 4.79 Å². The molecule has 0 saturated heterocycles. The Kier molecular flexibility index (Phi) is 4.88. The number of thioether (sulfide) groups is 1. The molecule has 0 aliphatic rings. The van der Waals surface area contributed by atoms with E-state index in [-0.39, 0.29) is 11.7 Å². The standard InChI is InChI=1S/C17H14N8OS/c26-14(21-16-19-11-20-23-16)10-27-17-24-22-15(12-6-8-18-9-7-12)25(17)13-4-2-1-3-5-13/h1-9,11H,10H2,(H2,19,20,21,23,26). The molecule has 0 spiro atoms. The molecule has 1 aromatic carbocycles. The fraction of sp³-hybridized carbons (Fsp3) is 0.0588. The molecule has 0 fully saturated rings. The Labute approximate surface area is 158 Å². The van der Waals surface area contributed by atoms with Crippen molar-refractivity contribution in [3.63, 3.8) is 0 Å². The van der Waals surface area contributed by atoms with Crippen LogP contribution in [0.5, 0.6) is 0 Å². The molecule has 0 bridgehead atoms. The van der Waals surface area contributed by atoms with Crippen molar-refractivity contribution in [2.45, 2.75) is 5.16 Å². The number of benzene rings is 1. The number of anilines is 1. The van der Waals surface area contributed by atoms with Crippen molar-refractivity contribution in [1.82, 2.24) is 34.9 Å². The molecule has 1 amide bonds. The van der Waals surface area contributed by atoms with Crippen molar-refractivity contribution in [2.75, 3.05) is 11.1 Å². The van der Waals surface area contributed by atoms with Crippen molar-refractivity contribution in [2.24, 2.45) is 0 Å². The van der Waals surface area contributed by atoms with Gasteiger partial charge >= 0.3 is 0 Å². The molecule has 0 unspecified atom stereocenters. The number of pyridine rings is 1. The van der Waals surface area contributed by atoms with Crippen molar-refractivity contribution >= 4 is 23.6 Å². The molecule has 134 valence electrons. The van der Waals surface area contributed by atoms with Gasteiger partial charge in [0.25, 0.3) is 0 Å². The summed E-state index contributed by atoms with van der Waals surface area (Å²) in [5.41, 5.74) is 1.80. The fourth-order valence-electron chi connectivity index (χ4n) is 2.43. The van der Waals surface area contributed by atoms with Gasteiger partial charge < -0.3 is 0 Å². The molecule has 0 radical (unpaired) electrons. The Morgan fingerprint density at radius 3 is 2.67 bits per heavy atom. The molecule has 27 heavy (non-hydrogen) atoms. The highest BCUT2D eigenvalue weighted by Crippen LogP contribution is 2.27. The van der Waals surface area contributed by atoms with E-state index in [4.69, 9.17) is 0 Å². The van der Waals surface area contributed by atoms with E-state index >= 15 is 0 Å². The van der Waals surface area contributed by atoms with Crippen LogP contribution in [-0.2, 0) is 4.79 Å². The number of aromatic amines is 1. The maximum absolute atomic E-state index is 12.1. The monoisotopic (exact) mass is 378 g/mol. The third-order valence-electron chi connectivity index (χ3n) is 3.59. The number of carbonyl (C=O) groups is 1. The zero-order chi connectivity index (χ0) is 18.5. The number of H-pyrrole nitrogens is 1. The van der Waals surface area contributed by atoms with Crippen LogP contribution >= 0.6 is 11.8 Å². The highest BCUT2D eigenvalue weighted by Gasteiger charge is 2.17. The van der Waals surface area contributed by atoms with Gasteiger partial charge in [0.2, 0.25) is 11.9 Å². The predicted molar refractivity (Wildman–Crippen MR) is 100 cm³/mol. The van der Waals surface area contributed by atoms with E-state index in [1.807, 2.05) is 47.0 Å². The van der Waals surface area contributed by atoms with Gasteiger partial charge in [-0.25, -0.2) is 5.10 Å². The first-order valence-electron chi connectivity index (χ1n) is 8.00. The summed E-state index contributed by atoms with van der Waals surface area (Å²) in [6, 6.07) is 13.5. The third-order valence-corrected chi connectivity index (χ3v) is 4.52. The lowest BCUT2D eigenvalue weighted by atomic mass is 10.2. The zero-order valence-electron chi connectivity index (χ0n) is 14.0. The van der Waals surface area contributed by atoms with E-state index in [1.54, 1.807) is 12.4 Å². The van der Waals surface area contributed by atoms with Gasteiger partial charge in [0, 0.05) is 23.6 Å². The minimum absolute atomic E-state index is 0.155. The van der Waals surface area contributed by atoms with Crippen LogP contribution < -0.4 is 5.32 Å². The molecule has 4 rings (SSSR count). The molecule has 3 aromatic heterocycles. The fourth-order valence-corrected chi connectivity index (χ4v) is 3.18. The van der Waals surface area contributed by atoms with Crippen LogP contribution in [0.4, 0.5) is 5.95 Å². The summed E-state index contributed by atoms with van der Waals surface area (Å²) in [6.07, 6.45) is 4.74. The molecular weight excluding hydrogens is 364 g/mol. The number of carbonyl (C=O) groups excluding carboxylic acids is 1. The predicted octanol–water partition coefficient (Wildman–Crippen LogP) is 2.18. The van der Waals surface area contributed by atoms with E-state index in [1.165, 1.54) is 18.1 Å². The highest BCUT2D eigenvalue weighted by atomic mass is 32.2. The normalized spacial score (nSPS) is 10.7. The number of para-hydroxylation sites is 1. The average Bonchev–Trinajstić information content (AvgIpc) is 3.37. The molecule has 3 heterocycles. The first-order valence-corrected chi connectivity index (χ1v) is 8.99. The van der Waals surface area contributed by atoms with Crippen LogP contribution in [0, 0.1) is 0 Å². The minimum Gasteiger partial charge on any atom is -0.294 e. The second-order valence-corrected chi connectivity index (χ2v) is 6.33. The average molecular weight is 378 g/mol. The van der Waals surface area contributed by atoms with Crippen molar-refractivity contribution in [3.05, 3.63) is 61.2 Å². The first kappa shape index (κ1) is 16.9. The molecular formula is C17H14N8OS. The topological polar surface area (TPSA) is 114 Å². The van der Waals surface area contributed by atoms with Gasteiger partial charge in [0.1, 0.15) is 6.33 Å². The van der Waals surface area contributed by atoms with Gasteiger partial charge in [0.15, 0.2) is 11.0 Å². The Balaban J connectivity index is 1.61. The van der Waals surface area contributed by atoms with Gasteiger partial charge in [-0.3, -0.25) is 19.7 Å². The van der Waals surface area contributed by atoms with Crippen molar-refractivity contribution in [3.8, 4) is 17.1 Å². The van der Waals surface area contributed by atoms with E-state index in [9.17, 15) is 4.79 Å². The van der Waals surface area contributed by atoms with Crippen LogP contribution in [0.15, 0.2) is 66.3 Å². The smallest absolute Gasteiger partial charge is 0.237 e. The molecule has 2 N–H and O–H groups in total. The zero-order valence-corrected chi connectivity index (χ0v) is 14.8. The second kappa shape index (κ2) is 7.79. The maximum atomic E-state index is 12.1. The van der Waals surface area contributed by atoms with Gasteiger partial charge in [-0.05, 0) is 24.3 Å². The van der Waals surface area contributed by atoms with Gasteiger partial charge in [-0.15, -0.1) is 10.2 Å². The largest absolute Gasteiger partial charge is 0.294 e. The third kappa shape index (κ3) is 3.85. The van der Waals surface area contributed by atoms with Crippen LogP contribution in [0.1, 0.15) is 0 Å². The molecule has 0 aliphatic heterocycles. The summed E-state index contributed by atoms with van der Waals surface area (Å²) in [6.45, 7) is 0. The molecule has 9 nitrogen and oxygen atoms in total. The number of amides is 1. The van der Waals surface area contributed by atoms with Crippen LogP contribution in [0.3, 0.4) is 0 Å². The van der Waals surface area contributed by atoms with E-state index in [0.717, 1.165) is 11.3 Å². The summed E-state index contributed by atoms with van der Waals surface area (Å²) in [7, 11) is 0. The number of aromatic nitrogens is 7. The number of nitrogens with one attached hydrogen (secondary N) is 2. The van der Waals surface area contributed by atoms with Gasteiger partial charge in [0.05, 0.1) is 5.75 Å². The van der Waals surface area contributed by atoms with E-state index < -0.39 is 0 Å². The van der Waals surface area contributed by atoms with Crippen LogP contribution in [0.2, 0.25) is 0 Å². The molecule has 10 heteroatoms. The Morgan fingerprint density at radius 2 is 1.93 bits per heavy atom. The van der Waals surface area contributed by atoms with Crippen molar-refractivity contribution in [1.29, 1.82) is 0 Å². The van der Waals surface area contributed by atoms with E-state index in [2.05, 4.69) is 35.7 Å². The summed E-state index contributed by atoms with van der Waals surface area (Å²) in [4.78, 5) is 20.0. The lowest BCUT2D eigenvalue weighted by Crippen LogP contribution is -2.15. The Bertz CT molecular complexity index is 1020. The summed E-state index contributed by atoms with van der Waals surface area (Å²) in [5, 5.41) is 18.1. The Morgan fingerprint density at radius 1 is 1.11 bits per heavy atom. The van der Waals surface area contributed by atoms with Gasteiger partial charge in [-0.2, -0.15) is 10.1 Å². The van der Waals surface area contributed by atoms with E-state index in [0.29, 0.717) is 16.9 Å². The number of rotatable bonds is 6. The highest BCUT2D eigenvalue weighted by molar-refractivity contribution is 7.99. The molecule has 0 aliphatic carbocycles. The Hall–Kier alpha value is -3.53. The molecule has 0 saturated carbocycles. The maximum Gasteiger partial charge on any atom is 0.237 e. The van der Waals surface area contributed by atoms with Crippen LogP contribution in [-0.4, -0.2) is 46.6 Å². The minimum atomic E-state index is -0.218. The number of nitrogens with zero attached hydrogens (tertiary/aromatic N) is 6. The molecule has 4 aromatic rings. The summed E-state index contributed by atoms with van der Waals surface area (Å²) < 4.78 is 1.92. The quantitative estimate of drug-likeness (QED) is 0.494. The first-order chi connectivity index (χ1) is 13.3. The number of hydrogen-bond acceptors (Lipinski definition) is 7. The second-order valence-electron chi connectivity index (χ2n) is 5.38. The van der Waals surface area contributed by atoms with Crippen LogP contribution in [0.25, 0.3) is 17.1 Å². The summed E-state index contributed by atoms with van der Waals surface area (Å²) in [5.74, 6) is 0.927. The number of hydrogen-bond donors (Lipinski definition) is 2. The SMILES string of the molecule is O=C(CSc1nnc(-c2ccncc2)n1-c1ccccc1)Nc1ncn[nH]1. The lowest BCUT2D eigenvalue weighted by molar-refractivity contribution is -0.113. The summed E-state index contributed by atoms with van der Waals surface area (Å²) >= 11 is 1.29. The lowest BCUT2D eigenvalue weighted by Gasteiger charge is -2.10. The van der Waals surface area contributed by atoms with Gasteiger partial charge in [-0.1, -0.05) is 30.0 Å².